The molecule has 20 heavy (non-hydrogen) atoms. The SMILES string of the molecule is N#C/C(=C/N1CCCC1)C(=O)NCCc1ccccc1. The topological polar surface area (TPSA) is 56.1 Å². The van der Waals surface area contributed by atoms with Crippen molar-refractivity contribution in [2.75, 3.05) is 19.6 Å². The summed E-state index contributed by atoms with van der Waals surface area (Å²) in [4.78, 5) is 14.0. The number of rotatable bonds is 5. The van der Waals surface area contributed by atoms with E-state index >= 15 is 0 Å². The molecule has 0 aliphatic carbocycles. The molecule has 1 heterocycles. The first-order chi connectivity index (χ1) is 9.79. The molecule has 0 atom stereocenters. The molecular formula is C16H19N3O. The number of benzene rings is 1. The molecule has 1 fully saturated rings. The molecule has 1 aliphatic heterocycles. The minimum absolute atomic E-state index is 0.194. The second kappa shape index (κ2) is 7.34. The maximum atomic E-state index is 11.9. The smallest absolute Gasteiger partial charge is 0.263 e. The van der Waals surface area contributed by atoms with Crippen molar-refractivity contribution in [3.05, 3.63) is 47.7 Å². The van der Waals surface area contributed by atoms with Crippen LogP contribution in [0.4, 0.5) is 0 Å². The van der Waals surface area contributed by atoms with Crippen LogP contribution in [0.1, 0.15) is 18.4 Å². The van der Waals surface area contributed by atoms with E-state index in [4.69, 9.17) is 5.26 Å². The Balaban J connectivity index is 1.82. The highest BCUT2D eigenvalue weighted by atomic mass is 16.1. The number of hydrogen-bond acceptors (Lipinski definition) is 3. The Morgan fingerprint density at radius 1 is 1.30 bits per heavy atom. The molecule has 4 nitrogen and oxygen atoms in total. The third kappa shape index (κ3) is 4.13. The maximum absolute atomic E-state index is 11.9. The number of carbonyl (C=O) groups excluding carboxylic acids is 1. The first-order valence-electron chi connectivity index (χ1n) is 6.97. The summed E-state index contributed by atoms with van der Waals surface area (Å²) in [7, 11) is 0. The molecule has 1 amide bonds. The molecular weight excluding hydrogens is 250 g/mol. The molecule has 2 rings (SSSR count). The van der Waals surface area contributed by atoms with E-state index in [-0.39, 0.29) is 11.5 Å². The van der Waals surface area contributed by atoms with Gasteiger partial charge in [-0.1, -0.05) is 30.3 Å². The van der Waals surface area contributed by atoms with Crippen LogP contribution in [-0.2, 0) is 11.2 Å². The van der Waals surface area contributed by atoms with Crippen molar-refractivity contribution >= 4 is 5.91 Å². The lowest BCUT2D eigenvalue weighted by molar-refractivity contribution is -0.117. The van der Waals surface area contributed by atoms with Crippen LogP contribution < -0.4 is 5.32 Å². The fourth-order valence-corrected chi connectivity index (χ4v) is 2.25. The number of nitrogens with zero attached hydrogens (tertiary/aromatic N) is 2. The van der Waals surface area contributed by atoms with Crippen LogP contribution in [0, 0.1) is 11.3 Å². The van der Waals surface area contributed by atoms with Crippen LogP contribution >= 0.6 is 0 Å². The predicted octanol–water partition coefficient (Wildman–Crippen LogP) is 1.85. The number of likely N-dealkylation sites (tertiary alicyclic amines) is 1. The summed E-state index contributed by atoms with van der Waals surface area (Å²) in [6.07, 6.45) is 4.72. The molecule has 0 bridgehead atoms. The van der Waals surface area contributed by atoms with Crippen molar-refractivity contribution in [2.45, 2.75) is 19.3 Å². The van der Waals surface area contributed by atoms with E-state index in [1.54, 1.807) is 6.20 Å². The number of hydrogen-bond donors (Lipinski definition) is 1. The zero-order valence-corrected chi connectivity index (χ0v) is 11.5. The molecule has 0 spiro atoms. The van der Waals surface area contributed by atoms with Crippen LogP contribution in [0.25, 0.3) is 0 Å². The molecule has 104 valence electrons. The van der Waals surface area contributed by atoms with Gasteiger partial charge in [0.15, 0.2) is 0 Å². The standard InChI is InChI=1S/C16H19N3O/c17-12-15(13-19-10-4-5-11-19)16(20)18-9-8-14-6-2-1-3-7-14/h1-3,6-7,13H,4-5,8-11H2,(H,18,20)/b15-13-. The Hall–Kier alpha value is -2.28. The zero-order valence-electron chi connectivity index (χ0n) is 11.5. The van der Waals surface area contributed by atoms with Gasteiger partial charge in [-0.2, -0.15) is 5.26 Å². The largest absolute Gasteiger partial charge is 0.376 e. The summed E-state index contributed by atoms with van der Waals surface area (Å²) in [5.41, 5.74) is 1.37. The lowest BCUT2D eigenvalue weighted by Crippen LogP contribution is -2.28. The van der Waals surface area contributed by atoms with Crippen LogP contribution in [-0.4, -0.2) is 30.4 Å². The number of carbonyl (C=O) groups is 1. The molecule has 1 aromatic carbocycles. The van der Waals surface area contributed by atoms with E-state index in [0.29, 0.717) is 6.54 Å². The Morgan fingerprint density at radius 2 is 2.00 bits per heavy atom. The van der Waals surface area contributed by atoms with E-state index < -0.39 is 0 Å². The van der Waals surface area contributed by atoms with Gasteiger partial charge in [-0.25, -0.2) is 0 Å². The van der Waals surface area contributed by atoms with Crippen LogP contribution in [0.5, 0.6) is 0 Å². The molecule has 0 aromatic heterocycles. The molecule has 1 aromatic rings. The Kier molecular flexibility index (Phi) is 5.19. The van der Waals surface area contributed by atoms with Crippen molar-refractivity contribution in [3.8, 4) is 6.07 Å². The Bertz CT molecular complexity index is 510. The summed E-state index contributed by atoms with van der Waals surface area (Å²) in [6.45, 7) is 2.41. The van der Waals surface area contributed by atoms with Gasteiger partial charge in [-0.15, -0.1) is 0 Å². The molecule has 1 saturated heterocycles. The van der Waals surface area contributed by atoms with Crippen molar-refractivity contribution in [3.63, 3.8) is 0 Å². The second-order valence-electron chi connectivity index (χ2n) is 4.89. The highest BCUT2D eigenvalue weighted by molar-refractivity contribution is 5.97. The van der Waals surface area contributed by atoms with Crippen molar-refractivity contribution in [1.29, 1.82) is 5.26 Å². The lowest BCUT2D eigenvalue weighted by Gasteiger charge is -2.12. The highest BCUT2D eigenvalue weighted by Crippen LogP contribution is 2.09. The van der Waals surface area contributed by atoms with Gasteiger partial charge in [0.05, 0.1) is 0 Å². The fourth-order valence-electron chi connectivity index (χ4n) is 2.25. The first kappa shape index (κ1) is 14.1. The average molecular weight is 269 g/mol. The lowest BCUT2D eigenvalue weighted by atomic mass is 10.1. The van der Waals surface area contributed by atoms with Gasteiger partial charge in [0.2, 0.25) is 0 Å². The predicted molar refractivity (Wildman–Crippen MR) is 77.7 cm³/mol. The summed E-state index contributed by atoms with van der Waals surface area (Å²) < 4.78 is 0. The van der Waals surface area contributed by atoms with Gasteiger partial charge in [0.1, 0.15) is 11.6 Å². The van der Waals surface area contributed by atoms with Crippen LogP contribution in [0.3, 0.4) is 0 Å². The van der Waals surface area contributed by atoms with Gasteiger partial charge >= 0.3 is 0 Å². The molecule has 4 heteroatoms. The summed E-state index contributed by atoms with van der Waals surface area (Å²) >= 11 is 0. The second-order valence-corrected chi connectivity index (χ2v) is 4.89. The normalized spacial score (nSPS) is 14.9. The fraction of sp³-hybridized carbons (Fsp3) is 0.375. The van der Waals surface area contributed by atoms with Crippen molar-refractivity contribution in [1.82, 2.24) is 10.2 Å². The van der Waals surface area contributed by atoms with Crippen LogP contribution in [0.2, 0.25) is 0 Å². The first-order valence-corrected chi connectivity index (χ1v) is 6.97. The monoisotopic (exact) mass is 269 g/mol. The average Bonchev–Trinajstić information content (AvgIpc) is 2.98. The molecule has 1 aliphatic rings. The van der Waals surface area contributed by atoms with Gasteiger partial charge in [-0.05, 0) is 24.8 Å². The van der Waals surface area contributed by atoms with E-state index in [0.717, 1.165) is 32.4 Å². The number of nitriles is 1. The van der Waals surface area contributed by atoms with E-state index in [9.17, 15) is 4.79 Å². The maximum Gasteiger partial charge on any atom is 0.263 e. The van der Waals surface area contributed by atoms with Gasteiger partial charge in [-0.3, -0.25) is 4.79 Å². The number of nitrogens with one attached hydrogen (secondary N) is 1. The molecule has 0 radical (unpaired) electrons. The number of amides is 1. The van der Waals surface area contributed by atoms with Gasteiger partial charge < -0.3 is 10.2 Å². The quantitative estimate of drug-likeness (QED) is 0.655. The summed E-state index contributed by atoms with van der Waals surface area (Å²) in [5.74, 6) is -0.282. The van der Waals surface area contributed by atoms with E-state index in [2.05, 4.69) is 5.32 Å². The minimum atomic E-state index is -0.282. The van der Waals surface area contributed by atoms with Gasteiger partial charge in [0, 0.05) is 25.8 Å². The third-order valence-electron chi connectivity index (χ3n) is 3.36. The summed E-state index contributed by atoms with van der Waals surface area (Å²) in [5, 5.41) is 11.9. The Labute approximate surface area is 119 Å². The molecule has 1 N–H and O–H groups in total. The van der Waals surface area contributed by atoms with Crippen molar-refractivity contribution < 1.29 is 4.79 Å². The van der Waals surface area contributed by atoms with Gasteiger partial charge in [0.25, 0.3) is 5.91 Å². The van der Waals surface area contributed by atoms with Crippen LogP contribution in [0.15, 0.2) is 42.1 Å². The highest BCUT2D eigenvalue weighted by Gasteiger charge is 2.13. The third-order valence-corrected chi connectivity index (χ3v) is 3.36. The van der Waals surface area contributed by atoms with E-state index in [1.807, 2.05) is 41.3 Å². The summed E-state index contributed by atoms with van der Waals surface area (Å²) in [6, 6.07) is 12.0. The van der Waals surface area contributed by atoms with E-state index in [1.165, 1.54) is 5.56 Å². The minimum Gasteiger partial charge on any atom is -0.376 e. The Morgan fingerprint density at radius 3 is 2.65 bits per heavy atom. The molecule has 0 saturated carbocycles. The van der Waals surface area contributed by atoms with Crippen molar-refractivity contribution in [2.24, 2.45) is 0 Å². The zero-order chi connectivity index (χ0) is 14.2. The molecule has 0 unspecified atom stereocenters.